The Hall–Kier alpha value is -3.18. The number of thiazole rings is 1. The maximum absolute atomic E-state index is 12.6. The van der Waals surface area contributed by atoms with Gasteiger partial charge in [-0.2, -0.15) is 8.78 Å². The minimum Gasteiger partial charge on any atom is -0.456 e. The second-order valence-corrected chi connectivity index (χ2v) is 9.48. The lowest BCUT2D eigenvalue weighted by Gasteiger charge is -2.18. The molecule has 32 heavy (non-hydrogen) atoms. The summed E-state index contributed by atoms with van der Waals surface area (Å²) in [6.07, 6.45) is 0. The van der Waals surface area contributed by atoms with Crippen LogP contribution in [-0.4, -0.2) is 31.0 Å². The van der Waals surface area contributed by atoms with Gasteiger partial charge in [-0.05, 0) is 48.9 Å². The smallest absolute Gasteiger partial charge is 0.341 e. The third-order valence-corrected chi connectivity index (χ3v) is 6.58. The van der Waals surface area contributed by atoms with E-state index in [-0.39, 0.29) is 18.1 Å². The number of amides is 1. The molecule has 0 radical (unpaired) electrons. The summed E-state index contributed by atoms with van der Waals surface area (Å²) in [6, 6.07) is 11.4. The highest BCUT2D eigenvalue weighted by molar-refractivity contribution is 7.91. The molecule has 0 aliphatic rings. The van der Waals surface area contributed by atoms with E-state index in [2.05, 4.69) is 4.98 Å². The molecule has 1 heterocycles. The van der Waals surface area contributed by atoms with Crippen molar-refractivity contribution < 1.29 is 31.5 Å². The summed E-state index contributed by atoms with van der Waals surface area (Å²) in [5.41, 5.74) is 2.05. The first-order valence-electron chi connectivity index (χ1n) is 9.20. The molecular weight excluding hydrogens is 462 g/mol. The number of carbonyl (C=O) groups is 2. The molecule has 0 atom stereocenters. The van der Waals surface area contributed by atoms with Crippen molar-refractivity contribution in [3.8, 4) is 0 Å². The largest absolute Gasteiger partial charge is 0.456 e. The lowest BCUT2D eigenvalue weighted by Crippen LogP contribution is -2.22. The van der Waals surface area contributed by atoms with Crippen LogP contribution >= 0.6 is 11.3 Å². The van der Waals surface area contributed by atoms with Crippen LogP contribution in [-0.2, 0) is 26.0 Å². The molecule has 1 aromatic heterocycles. The summed E-state index contributed by atoms with van der Waals surface area (Å²) in [6.45, 7) is 3.14. The first-order valence-corrected chi connectivity index (χ1v) is 11.6. The van der Waals surface area contributed by atoms with Crippen molar-refractivity contribution in [2.45, 2.75) is 31.1 Å². The summed E-state index contributed by atoms with van der Waals surface area (Å²) in [4.78, 5) is 29.6. The van der Waals surface area contributed by atoms with Crippen LogP contribution in [0.15, 0.2) is 58.8 Å². The normalized spacial score (nSPS) is 11.4. The fourth-order valence-corrected chi connectivity index (χ4v) is 4.36. The molecule has 3 aromatic rings. The van der Waals surface area contributed by atoms with E-state index in [1.807, 2.05) is 25.1 Å². The molecule has 2 aromatic carbocycles. The number of esters is 1. The van der Waals surface area contributed by atoms with Crippen LogP contribution in [0.4, 0.5) is 19.6 Å². The van der Waals surface area contributed by atoms with Crippen LogP contribution in [0.3, 0.4) is 0 Å². The average Bonchev–Trinajstić information content (AvgIpc) is 3.20. The van der Waals surface area contributed by atoms with Gasteiger partial charge < -0.3 is 4.74 Å². The highest BCUT2D eigenvalue weighted by atomic mass is 32.2. The van der Waals surface area contributed by atoms with Crippen molar-refractivity contribution in [2.75, 3.05) is 4.90 Å². The second-order valence-electron chi connectivity index (χ2n) is 6.72. The minimum absolute atomic E-state index is 0.00112. The van der Waals surface area contributed by atoms with Gasteiger partial charge in [-0.1, -0.05) is 12.1 Å². The maximum Gasteiger partial charge on any atom is 0.341 e. The Morgan fingerprint density at radius 3 is 2.44 bits per heavy atom. The molecule has 7 nitrogen and oxygen atoms in total. The van der Waals surface area contributed by atoms with Crippen molar-refractivity contribution in [1.82, 2.24) is 4.98 Å². The van der Waals surface area contributed by atoms with Gasteiger partial charge in [0.15, 0.2) is 5.13 Å². The van der Waals surface area contributed by atoms with Gasteiger partial charge in [0.25, 0.3) is 0 Å². The summed E-state index contributed by atoms with van der Waals surface area (Å²) in [5, 5.41) is 2.06. The lowest BCUT2D eigenvalue weighted by atomic mass is 10.2. The van der Waals surface area contributed by atoms with Gasteiger partial charge in [-0.15, -0.1) is 11.3 Å². The van der Waals surface area contributed by atoms with E-state index in [0.717, 1.165) is 29.8 Å². The van der Waals surface area contributed by atoms with Crippen LogP contribution < -0.4 is 4.90 Å². The molecule has 0 bridgehead atoms. The number of carbonyl (C=O) groups excluding carboxylic acids is 2. The Labute approximate surface area is 187 Å². The summed E-state index contributed by atoms with van der Waals surface area (Å²) in [7, 11) is -4.74. The number of aryl methyl sites for hydroxylation is 1. The zero-order valence-electron chi connectivity index (χ0n) is 17.0. The number of hydrogen-bond acceptors (Lipinski definition) is 7. The molecule has 0 spiro atoms. The zero-order valence-corrected chi connectivity index (χ0v) is 18.6. The van der Waals surface area contributed by atoms with Crippen LogP contribution in [0.1, 0.15) is 28.5 Å². The number of ether oxygens (including phenoxy) is 1. The van der Waals surface area contributed by atoms with E-state index in [1.165, 1.54) is 23.2 Å². The van der Waals surface area contributed by atoms with Crippen molar-refractivity contribution in [1.29, 1.82) is 0 Å². The van der Waals surface area contributed by atoms with Gasteiger partial charge in [0.05, 0.1) is 21.8 Å². The van der Waals surface area contributed by atoms with E-state index in [1.54, 1.807) is 11.4 Å². The third kappa shape index (κ3) is 5.17. The Balaban J connectivity index is 1.69. The first-order chi connectivity index (χ1) is 15.1. The van der Waals surface area contributed by atoms with Crippen LogP contribution in [0, 0.1) is 6.92 Å². The molecule has 168 valence electrons. The standard InChI is InChI=1S/C21H18F2N2O5S2/c1-13-4-3-5-17(10-13)25(14(2)26)21-24-16(12-31-21)11-30-19(27)15-6-8-18(9-7-15)32(28,29)20(22)23/h3-10,12,20H,11H2,1-2H3. The summed E-state index contributed by atoms with van der Waals surface area (Å²) in [5.74, 6) is -4.55. The number of alkyl halides is 2. The fourth-order valence-electron chi connectivity index (χ4n) is 2.77. The number of hydrogen-bond donors (Lipinski definition) is 0. The SMILES string of the molecule is CC(=O)N(c1cccc(C)c1)c1nc(COC(=O)c2ccc(S(=O)(=O)C(F)F)cc2)cs1. The predicted molar refractivity (Wildman–Crippen MR) is 115 cm³/mol. The molecule has 0 aliphatic heterocycles. The van der Waals surface area contributed by atoms with E-state index in [9.17, 15) is 26.8 Å². The molecule has 0 aliphatic carbocycles. The summed E-state index contributed by atoms with van der Waals surface area (Å²) >= 11 is 1.21. The van der Waals surface area contributed by atoms with Gasteiger partial charge in [0, 0.05) is 12.3 Å². The summed E-state index contributed by atoms with van der Waals surface area (Å²) < 4.78 is 53.3. The van der Waals surface area contributed by atoms with Crippen LogP contribution in [0.2, 0.25) is 0 Å². The number of anilines is 2. The van der Waals surface area contributed by atoms with E-state index in [0.29, 0.717) is 16.5 Å². The molecule has 3 rings (SSSR count). The molecular formula is C21H18F2N2O5S2. The molecule has 0 saturated carbocycles. The van der Waals surface area contributed by atoms with Gasteiger partial charge in [0.1, 0.15) is 6.61 Å². The number of benzene rings is 2. The van der Waals surface area contributed by atoms with Crippen LogP contribution in [0.25, 0.3) is 0 Å². The van der Waals surface area contributed by atoms with Crippen molar-refractivity contribution in [2.24, 2.45) is 0 Å². The second kappa shape index (κ2) is 9.53. The van der Waals surface area contributed by atoms with E-state index < -0.39 is 26.5 Å². The average molecular weight is 481 g/mol. The zero-order chi connectivity index (χ0) is 23.5. The topological polar surface area (TPSA) is 93.6 Å². The lowest BCUT2D eigenvalue weighted by molar-refractivity contribution is -0.115. The Kier molecular flexibility index (Phi) is 6.99. The van der Waals surface area contributed by atoms with Crippen LogP contribution in [0.5, 0.6) is 0 Å². The molecule has 0 unspecified atom stereocenters. The van der Waals surface area contributed by atoms with Gasteiger partial charge in [-0.3, -0.25) is 9.69 Å². The first kappa shape index (κ1) is 23.5. The molecule has 0 N–H and O–H groups in total. The Morgan fingerprint density at radius 1 is 1.16 bits per heavy atom. The number of nitrogens with zero attached hydrogens (tertiary/aromatic N) is 2. The molecule has 0 fully saturated rings. The molecule has 11 heteroatoms. The number of aromatic nitrogens is 1. The fraction of sp³-hybridized carbons (Fsp3) is 0.190. The third-order valence-electron chi connectivity index (χ3n) is 4.31. The van der Waals surface area contributed by atoms with Crippen molar-refractivity contribution in [3.05, 3.63) is 70.7 Å². The number of rotatable bonds is 7. The highest BCUT2D eigenvalue weighted by Gasteiger charge is 2.26. The monoisotopic (exact) mass is 480 g/mol. The van der Waals surface area contributed by atoms with Crippen molar-refractivity contribution in [3.63, 3.8) is 0 Å². The van der Waals surface area contributed by atoms with Crippen molar-refractivity contribution >= 4 is 43.9 Å². The molecule has 1 amide bonds. The molecule has 0 saturated heterocycles. The van der Waals surface area contributed by atoms with Gasteiger partial charge in [0.2, 0.25) is 15.7 Å². The predicted octanol–water partition coefficient (Wildman–Crippen LogP) is 4.49. The Bertz CT molecular complexity index is 1240. The Morgan fingerprint density at radius 2 is 1.84 bits per heavy atom. The van der Waals surface area contributed by atoms with Gasteiger partial charge >= 0.3 is 11.7 Å². The maximum atomic E-state index is 12.6. The van der Waals surface area contributed by atoms with Gasteiger partial charge in [-0.25, -0.2) is 18.2 Å². The highest BCUT2D eigenvalue weighted by Crippen LogP contribution is 2.29. The quantitative estimate of drug-likeness (QED) is 0.463. The van der Waals surface area contributed by atoms with E-state index >= 15 is 0 Å². The number of sulfone groups is 1. The van der Waals surface area contributed by atoms with E-state index in [4.69, 9.17) is 4.74 Å². The number of halogens is 2. The minimum atomic E-state index is -4.74.